The molecule has 0 radical (unpaired) electrons. The number of nitro groups is 2. The van der Waals surface area contributed by atoms with E-state index in [-0.39, 0.29) is 36.0 Å². The van der Waals surface area contributed by atoms with Crippen molar-refractivity contribution in [1.82, 2.24) is 0 Å². The van der Waals surface area contributed by atoms with E-state index in [0.717, 1.165) is 18.2 Å². The van der Waals surface area contributed by atoms with Gasteiger partial charge < -0.3 is 15.3 Å². The topological polar surface area (TPSA) is 122 Å². The maximum absolute atomic E-state index is 12.9. The minimum absolute atomic E-state index is 0.0676. The quantitative estimate of drug-likeness (QED) is 0.437. The van der Waals surface area contributed by atoms with Crippen molar-refractivity contribution in [3.05, 3.63) is 67.2 Å². The summed E-state index contributed by atoms with van der Waals surface area (Å²) in [4.78, 5) is 21.9. The highest BCUT2D eigenvalue weighted by molar-refractivity contribution is 6.33. The number of nitro benzene ring substituents is 2. The maximum Gasteiger partial charge on any atom is 0.416 e. The molecule has 0 fully saturated rings. The summed E-state index contributed by atoms with van der Waals surface area (Å²) in [6.07, 6.45) is -4.74. The normalized spacial score (nSPS) is 11.2. The van der Waals surface area contributed by atoms with Gasteiger partial charge in [0.25, 0.3) is 11.4 Å². The van der Waals surface area contributed by atoms with Crippen molar-refractivity contribution in [2.75, 3.05) is 36.5 Å². The number of aliphatic hydroxyl groups excluding tert-OH is 1. The van der Waals surface area contributed by atoms with Crippen LogP contribution in [0.5, 0.6) is 0 Å². The first-order chi connectivity index (χ1) is 14.0. The first-order valence-corrected chi connectivity index (χ1v) is 8.81. The van der Waals surface area contributed by atoms with Crippen LogP contribution in [0.1, 0.15) is 5.56 Å². The summed E-state index contributed by atoms with van der Waals surface area (Å²) in [5.74, 6) is 0. The maximum atomic E-state index is 12.9. The van der Waals surface area contributed by atoms with E-state index in [2.05, 4.69) is 5.32 Å². The van der Waals surface area contributed by atoms with Gasteiger partial charge in [0, 0.05) is 37.8 Å². The summed E-state index contributed by atoms with van der Waals surface area (Å²) < 4.78 is 38.6. The highest BCUT2D eigenvalue weighted by atomic mass is 35.5. The molecule has 0 aliphatic heterocycles. The molecular weight excluding hydrogens is 433 g/mol. The zero-order valence-electron chi connectivity index (χ0n) is 15.2. The average molecular weight is 449 g/mol. The molecule has 2 rings (SSSR count). The Labute approximate surface area is 173 Å². The Balaban J connectivity index is 2.20. The first kappa shape index (κ1) is 23.2. The number of hydrogen-bond acceptors (Lipinski definition) is 7. The van der Waals surface area contributed by atoms with Crippen LogP contribution in [0.4, 0.5) is 35.9 Å². The standard InChI is InChI=1S/C17H16ClF3N4O5/c18-13-10-12(24(27)28)2-3-14(13)22-5-6-23(7-8-26)15-4-1-11(17(19,20)21)9-16(15)25(29)30/h1-4,9-10,22,26H,5-8H2. The van der Waals surface area contributed by atoms with E-state index in [0.29, 0.717) is 11.8 Å². The number of hydrogen-bond donors (Lipinski definition) is 2. The number of non-ortho nitro benzene ring substituents is 1. The molecule has 0 spiro atoms. The fourth-order valence-corrected chi connectivity index (χ4v) is 2.91. The minimum Gasteiger partial charge on any atom is -0.395 e. The van der Waals surface area contributed by atoms with Crippen LogP contribution in [-0.2, 0) is 6.18 Å². The largest absolute Gasteiger partial charge is 0.416 e. The SMILES string of the molecule is O=[N+]([O-])c1ccc(NCCN(CCO)c2ccc(C(F)(F)F)cc2[N+](=O)[O-])c(Cl)c1. The van der Waals surface area contributed by atoms with Crippen LogP contribution in [0.25, 0.3) is 0 Å². The number of nitrogens with zero attached hydrogens (tertiary/aromatic N) is 3. The van der Waals surface area contributed by atoms with Gasteiger partial charge in [0.1, 0.15) is 5.69 Å². The Kier molecular flexibility index (Phi) is 7.40. The second-order valence-electron chi connectivity index (χ2n) is 6.02. The number of aliphatic hydroxyl groups is 1. The molecule has 13 heteroatoms. The molecule has 0 unspecified atom stereocenters. The zero-order valence-corrected chi connectivity index (χ0v) is 16.0. The van der Waals surface area contributed by atoms with Crippen molar-refractivity contribution in [1.29, 1.82) is 0 Å². The Morgan fingerprint density at radius 1 is 1.07 bits per heavy atom. The molecule has 0 aliphatic carbocycles. The lowest BCUT2D eigenvalue weighted by Gasteiger charge is -2.24. The molecule has 0 bridgehead atoms. The van der Waals surface area contributed by atoms with Gasteiger partial charge in [-0.2, -0.15) is 13.2 Å². The van der Waals surface area contributed by atoms with Gasteiger partial charge in [-0.05, 0) is 18.2 Å². The molecule has 0 aromatic heterocycles. The number of rotatable bonds is 9. The lowest BCUT2D eigenvalue weighted by molar-refractivity contribution is -0.384. The van der Waals surface area contributed by atoms with Crippen molar-refractivity contribution in [2.45, 2.75) is 6.18 Å². The second kappa shape index (κ2) is 9.59. The van der Waals surface area contributed by atoms with E-state index in [1.807, 2.05) is 0 Å². The van der Waals surface area contributed by atoms with Crippen LogP contribution in [-0.4, -0.2) is 41.2 Å². The highest BCUT2D eigenvalue weighted by Gasteiger charge is 2.33. The molecule has 2 N–H and O–H groups in total. The monoisotopic (exact) mass is 448 g/mol. The van der Waals surface area contributed by atoms with Crippen molar-refractivity contribution < 1.29 is 28.1 Å². The molecular formula is C17H16ClF3N4O5. The van der Waals surface area contributed by atoms with E-state index < -0.39 is 33.9 Å². The van der Waals surface area contributed by atoms with Crippen LogP contribution >= 0.6 is 11.6 Å². The second-order valence-corrected chi connectivity index (χ2v) is 6.42. The number of halogens is 4. The Morgan fingerprint density at radius 2 is 1.77 bits per heavy atom. The third-order valence-corrected chi connectivity index (χ3v) is 4.38. The van der Waals surface area contributed by atoms with E-state index in [1.54, 1.807) is 0 Å². The van der Waals surface area contributed by atoms with Crippen molar-refractivity contribution >= 4 is 34.4 Å². The van der Waals surface area contributed by atoms with E-state index in [1.165, 1.54) is 17.0 Å². The lowest BCUT2D eigenvalue weighted by atomic mass is 10.1. The van der Waals surface area contributed by atoms with E-state index >= 15 is 0 Å². The molecule has 0 aliphatic rings. The number of benzene rings is 2. The van der Waals surface area contributed by atoms with Crippen LogP contribution < -0.4 is 10.2 Å². The fraction of sp³-hybridized carbons (Fsp3) is 0.294. The summed E-state index contributed by atoms with van der Waals surface area (Å²) in [5, 5.41) is 34.3. The molecule has 0 heterocycles. The Morgan fingerprint density at radius 3 is 2.30 bits per heavy atom. The summed E-state index contributed by atoms with van der Waals surface area (Å²) >= 11 is 5.98. The number of alkyl halides is 3. The van der Waals surface area contributed by atoms with Crippen LogP contribution in [0.15, 0.2) is 36.4 Å². The van der Waals surface area contributed by atoms with E-state index in [4.69, 9.17) is 11.6 Å². The molecule has 2 aromatic carbocycles. The predicted molar refractivity (Wildman–Crippen MR) is 104 cm³/mol. The van der Waals surface area contributed by atoms with Gasteiger partial charge in [0.2, 0.25) is 0 Å². The van der Waals surface area contributed by atoms with Crippen LogP contribution in [0.2, 0.25) is 5.02 Å². The molecule has 0 saturated carbocycles. The van der Waals surface area contributed by atoms with Gasteiger partial charge in [-0.25, -0.2) is 0 Å². The minimum atomic E-state index is -4.74. The summed E-state index contributed by atoms with van der Waals surface area (Å²) in [7, 11) is 0. The fourth-order valence-electron chi connectivity index (χ4n) is 2.67. The highest BCUT2D eigenvalue weighted by Crippen LogP contribution is 2.36. The van der Waals surface area contributed by atoms with Gasteiger partial charge >= 0.3 is 6.18 Å². The lowest BCUT2D eigenvalue weighted by Crippen LogP contribution is -2.32. The van der Waals surface area contributed by atoms with Crippen LogP contribution in [0.3, 0.4) is 0 Å². The molecule has 0 amide bonds. The molecule has 0 atom stereocenters. The zero-order chi connectivity index (χ0) is 22.5. The van der Waals surface area contributed by atoms with Crippen LogP contribution in [0, 0.1) is 20.2 Å². The van der Waals surface area contributed by atoms with Gasteiger partial charge in [-0.3, -0.25) is 20.2 Å². The number of anilines is 2. The Bertz CT molecular complexity index is 942. The average Bonchev–Trinajstić information content (AvgIpc) is 2.67. The summed E-state index contributed by atoms with van der Waals surface area (Å²) in [6, 6.07) is 5.93. The first-order valence-electron chi connectivity index (χ1n) is 8.44. The summed E-state index contributed by atoms with van der Waals surface area (Å²) in [5.41, 5.74) is -1.82. The Hall–Kier alpha value is -3.12. The van der Waals surface area contributed by atoms with E-state index in [9.17, 15) is 38.5 Å². The predicted octanol–water partition coefficient (Wildman–Crippen LogP) is 4.09. The molecule has 9 nitrogen and oxygen atoms in total. The molecule has 30 heavy (non-hydrogen) atoms. The smallest absolute Gasteiger partial charge is 0.395 e. The van der Waals surface area contributed by atoms with Crippen molar-refractivity contribution in [2.24, 2.45) is 0 Å². The number of nitrogens with one attached hydrogen (secondary N) is 1. The third-order valence-electron chi connectivity index (χ3n) is 4.07. The van der Waals surface area contributed by atoms with Crippen molar-refractivity contribution in [3.63, 3.8) is 0 Å². The van der Waals surface area contributed by atoms with Gasteiger partial charge in [0.15, 0.2) is 0 Å². The van der Waals surface area contributed by atoms with Gasteiger partial charge in [-0.15, -0.1) is 0 Å². The van der Waals surface area contributed by atoms with Crippen molar-refractivity contribution in [3.8, 4) is 0 Å². The molecule has 162 valence electrons. The summed E-state index contributed by atoms with van der Waals surface area (Å²) in [6.45, 7) is -0.256. The molecule has 0 saturated heterocycles. The third kappa shape index (κ3) is 5.70. The molecule has 2 aromatic rings. The van der Waals surface area contributed by atoms with Gasteiger partial charge in [0.05, 0.1) is 32.7 Å². The van der Waals surface area contributed by atoms with Gasteiger partial charge in [-0.1, -0.05) is 11.6 Å².